The first-order valence-corrected chi connectivity index (χ1v) is 7.82. The molecule has 0 bridgehead atoms. The van der Waals surface area contributed by atoms with Gasteiger partial charge in [-0.1, -0.05) is 35.9 Å². The van der Waals surface area contributed by atoms with Gasteiger partial charge in [0, 0.05) is 10.6 Å². The number of amides is 1. The molecule has 24 heavy (non-hydrogen) atoms. The third-order valence-corrected chi connectivity index (χ3v) is 3.76. The van der Waals surface area contributed by atoms with E-state index in [1.807, 2.05) is 24.3 Å². The molecule has 0 aliphatic rings. The van der Waals surface area contributed by atoms with Gasteiger partial charge in [-0.25, -0.2) is 0 Å². The number of methoxy groups -OCH3 is 1. The van der Waals surface area contributed by atoms with Crippen LogP contribution in [0.25, 0.3) is 0 Å². The molecular weight excluding hydrogens is 328 g/mol. The number of rotatable bonds is 7. The molecule has 0 radical (unpaired) electrons. The van der Waals surface area contributed by atoms with Crippen LogP contribution >= 0.6 is 11.6 Å². The molecule has 0 spiro atoms. The number of Topliss-reactive ketones (excluding diaryl/α,β-unsaturated/α-hetero) is 1. The molecule has 0 saturated heterocycles. The summed E-state index contributed by atoms with van der Waals surface area (Å²) >= 11 is 5.85. The zero-order valence-corrected chi connectivity index (χ0v) is 14.0. The quantitative estimate of drug-likeness (QED) is 0.753. The van der Waals surface area contributed by atoms with Crippen LogP contribution < -0.4 is 15.8 Å². The first-order chi connectivity index (χ1) is 11.5. The van der Waals surface area contributed by atoms with Crippen molar-refractivity contribution in [2.24, 2.45) is 5.73 Å². The van der Waals surface area contributed by atoms with Crippen molar-refractivity contribution in [3.8, 4) is 5.75 Å². The van der Waals surface area contributed by atoms with E-state index < -0.39 is 6.04 Å². The summed E-state index contributed by atoms with van der Waals surface area (Å²) in [5, 5.41) is 3.04. The molecule has 0 aromatic heterocycles. The monoisotopic (exact) mass is 346 g/mol. The van der Waals surface area contributed by atoms with Gasteiger partial charge in [0.05, 0.1) is 19.7 Å². The first-order valence-electron chi connectivity index (χ1n) is 7.44. The van der Waals surface area contributed by atoms with E-state index in [-0.39, 0.29) is 18.2 Å². The van der Waals surface area contributed by atoms with Crippen LogP contribution in [0.1, 0.15) is 15.9 Å². The SMILES string of the molecule is COc1ccc(C[C@H](N)C(=O)NCC(=O)c2cccc(Cl)c2)cc1. The van der Waals surface area contributed by atoms with E-state index in [0.29, 0.717) is 17.0 Å². The van der Waals surface area contributed by atoms with E-state index in [9.17, 15) is 9.59 Å². The predicted octanol–water partition coefficient (Wildman–Crippen LogP) is 2.22. The standard InChI is InChI=1S/C18H19ClN2O3/c1-24-15-7-5-12(6-8-15)9-16(20)18(23)21-11-17(22)13-3-2-4-14(19)10-13/h2-8,10,16H,9,11,20H2,1H3,(H,21,23)/t16-/m0/s1. The number of nitrogens with two attached hydrogens (primary N) is 1. The number of carbonyl (C=O) groups is 2. The van der Waals surface area contributed by atoms with Gasteiger partial charge in [0.25, 0.3) is 0 Å². The molecule has 0 unspecified atom stereocenters. The average Bonchev–Trinajstić information content (AvgIpc) is 2.60. The van der Waals surface area contributed by atoms with Gasteiger partial charge in [0.2, 0.25) is 5.91 Å². The highest BCUT2D eigenvalue weighted by atomic mass is 35.5. The fourth-order valence-corrected chi connectivity index (χ4v) is 2.36. The molecular formula is C18H19ClN2O3. The van der Waals surface area contributed by atoms with Gasteiger partial charge in [-0.2, -0.15) is 0 Å². The second-order valence-electron chi connectivity index (χ2n) is 5.31. The molecule has 126 valence electrons. The molecule has 0 aliphatic carbocycles. The number of carbonyl (C=O) groups excluding carboxylic acids is 2. The van der Waals surface area contributed by atoms with E-state index in [0.717, 1.165) is 11.3 Å². The Labute approximate surface area is 145 Å². The lowest BCUT2D eigenvalue weighted by Gasteiger charge is -2.12. The third kappa shape index (κ3) is 5.08. The average molecular weight is 347 g/mol. The number of halogens is 1. The van der Waals surface area contributed by atoms with E-state index >= 15 is 0 Å². The Morgan fingerprint density at radius 1 is 1.21 bits per heavy atom. The van der Waals surface area contributed by atoms with Crippen LogP contribution in [0.15, 0.2) is 48.5 Å². The van der Waals surface area contributed by atoms with Crippen molar-refractivity contribution in [1.82, 2.24) is 5.32 Å². The highest BCUT2D eigenvalue weighted by molar-refractivity contribution is 6.31. The highest BCUT2D eigenvalue weighted by Crippen LogP contribution is 2.13. The lowest BCUT2D eigenvalue weighted by atomic mass is 10.1. The van der Waals surface area contributed by atoms with E-state index in [1.165, 1.54) is 0 Å². The Balaban J connectivity index is 1.85. The fraction of sp³-hybridized carbons (Fsp3) is 0.222. The van der Waals surface area contributed by atoms with Crippen LogP contribution in [0.5, 0.6) is 5.75 Å². The van der Waals surface area contributed by atoms with Crippen molar-refractivity contribution in [2.75, 3.05) is 13.7 Å². The van der Waals surface area contributed by atoms with Crippen LogP contribution in [0.4, 0.5) is 0 Å². The molecule has 5 nitrogen and oxygen atoms in total. The molecule has 1 amide bonds. The highest BCUT2D eigenvalue weighted by Gasteiger charge is 2.15. The smallest absolute Gasteiger partial charge is 0.237 e. The fourth-order valence-electron chi connectivity index (χ4n) is 2.17. The van der Waals surface area contributed by atoms with Crippen molar-refractivity contribution in [3.63, 3.8) is 0 Å². The minimum absolute atomic E-state index is 0.116. The van der Waals surface area contributed by atoms with Crippen LogP contribution in [-0.4, -0.2) is 31.4 Å². The van der Waals surface area contributed by atoms with Crippen molar-refractivity contribution in [3.05, 3.63) is 64.7 Å². The summed E-state index contributed by atoms with van der Waals surface area (Å²) in [4.78, 5) is 24.1. The van der Waals surface area contributed by atoms with E-state index in [1.54, 1.807) is 31.4 Å². The van der Waals surface area contributed by atoms with Crippen molar-refractivity contribution in [1.29, 1.82) is 0 Å². The lowest BCUT2D eigenvalue weighted by Crippen LogP contribution is -2.43. The van der Waals surface area contributed by atoms with Crippen molar-refractivity contribution < 1.29 is 14.3 Å². The van der Waals surface area contributed by atoms with Crippen molar-refractivity contribution in [2.45, 2.75) is 12.5 Å². The predicted molar refractivity (Wildman–Crippen MR) is 93.5 cm³/mol. The summed E-state index contributed by atoms with van der Waals surface area (Å²) < 4.78 is 5.08. The number of benzene rings is 2. The van der Waals surface area contributed by atoms with Gasteiger partial charge >= 0.3 is 0 Å². The van der Waals surface area contributed by atoms with Gasteiger partial charge in [-0.15, -0.1) is 0 Å². The van der Waals surface area contributed by atoms with Crippen LogP contribution in [0.3, 0.4) is 0 Å². The number of ether oxygens (including phenoxy) is 1. The molecule has 2 aromatic rings. The molecule has 0 fully saturated rings. The Morgan fingerprint density at radius 3 is 2.54 bits per heavy atom. The van der Waals surface area contributed by atoms with E-state index in [2.05, 4.69) is 5.32 Å². The van der Waals surface area contributed by atoms with Crippen molar-refractivity contribution >= 4 is 23.3 Å². The summed E-state index contributed by atoms with van der Waals surface area (Å²) in [5.74, 6) is 0.146. The topological polar surface area (TPSA) is 81.4 Å². The molecule has 2 rings (SSSR count). The molecule has 2 aromatic carbocycles. The third-order valence-electron chi connectivity index (χ3n) is 3.52. The minimum Gasteiger partial charge on any atom is -0.497 e. The normalized spacial score (nSPS) is 11.6. The van der Waals surface area contributed by atoms with Gasteiger partial charge in [0.1, 0.15) is 5.75 Å². The summed E-state index contributed by atoms with van der Waals surface area (Å²) in [7, 11) is 1.59. The maximum absolute atomic E-state index is 12.0. The number of ketones is 1. The second-order valence-corrected chi connectivity index (χ2v) is 5.75. The van der Waals surface area contributed by atoms with Gasteiger partial charge in [-0.3, -0.25) is 9.59 Å². The van der Waals surface area contributed by atoms with Crippen LogP contribution in [0.2, 0.25) is 5.02 Å². The number of nitrogens with one attached hydrogen (secondary N) is 1. The Hall–Kier alpha value is -2.37. The molecule has 0 saturated carbocycles. The Morgan fingerprint density at radius 2 is 1.92 bits per heavy atom. The molecule has 6 heteroatoms. The summed E-state index contributed by atoms with van der Waals surface area (Å²) in [5.41, 5.74) is 7.26. The van der Waals surface area contributed by atoms with E-state index in [4.69, 9.17) is 22.1 Å². The first kappa shape index (κ1) is 18.0. The molecule has 1 atom stereocenters. The second kappa shape index (κ2) is 8.47. The molecule has 0 aliphatic heterocycles. The minimum atomic E-state index is -0.731. The Kier molecular flexibility index (Phi) is 6.35. The molecule has 0 heterocycles. The lowest BCUT2D eigenvalue weighted by molar-refractivity contribution is -0.122. The van der Waals surface area contributed by atoms with Crippen LogP contribution in [-0.2, 0) is 11.2 Å². The Bertz CT molecular complexity index is 716. The number of hydrogen-bond acceptors (Lipinski definition) is 4. The summed E-state index contributed by atoms with van der Waals surface area (Å²) in [6.45, 7) is -0.116. The van der Waals surface area contributed by atoms with Gasteiger partial charge in [0.15, 0.2) is 5.78 Å². The van der Waals surface area contributed by atoms with Gasteiger partial charge in [-0.05, 0) is 36.2 Å². The summed E-state index contributed by atoms with van der Waals surface area (Å²) in [6, 6.07) is 13.2. The molecule has 3 N–H and O–H groups in total. The zero-order chi connectivity index (χ0) is 17.5. The van der Waals surface area contributed by atoms with Gasteiger partial charge < -0.3 is 15.8 Å². The maximum atomic E-state index is 12.0. The summed E-state index contributed by atoms with van der Waals surface area (Å²) in [6.07, 6.45) is 0.376. The van der Waals surface area contributed by atoms with Crippen LogP contribution in [0, 0.1) is 0 Å². The largest absolute Gasteiger partial charge is 0.497 e. The zero-order valence-electron chi connectivity index (χ0n) is 13.3. The number of hydrogen-bond donors (Lipinski definition) is 2. The maximum Gasteiger partial charge on any atom is 0.237 e.